The highest BCUT2D eigenvalue weighted by atomic mass is 32.2. The van der Waals surface area contributed by atoms with Gasteiger partial charge in [-0.1, -0.05) is 30.3 Å². The lowest BCUT2D eigenvalue weighted by atomic mass is 10.1. The van der Waals surface area contributed by atoms with Crippen LogP contribution in [0.5, 0.6) is 5.75 Å². The van der Waals surface area contributed by atoms with Gasteiger partial charge in [0, 0.05) is 24.7 Å². The number of aryl methyl sites for hydroxylation is 1. The summed E-state index contributed by atoms with van der Waals surface area (Å²) in [5.74, 6) is -0.109. The Morgan fingerprint density at radius 2 is 1.68 bits per heavy atom. The number of benzene rings is 3. The Morgan fingerprint density at radius 1 is 1.00 bits per heavy atom. The second-order valence-corrected chi connectivity index (χ2v) is 8.89. The smallest absolute Gasteiger partial charge is 0.292 e. The van der Waals surface area contributed by atoms with Gasteiger partial charge in [0.15, 0.2) is 0 Å². The lowest BCUT2D eigenvalue weighted by Crippen LogP contribution is -2.29. The molecule has 0 unspecified atom stereocenters. The van der Waals surface area contributed by atoms with E-state index in [4.69, 9.17) is 4.74 Å². The summed E-state index contributed by atoms with van der Waals surface area (Å²) in [5, 5.41) is 16.7. The van der Waals surface area contributed by atoms with E-state index < -0.39 is 20.9 Å². The summed E-state index contributed by atoms with van der Waals surface area (Å²) in [6.45, 7) is 2.04. The largest absolute Gasteiger partial charge is 0.495 e. The molecule has 178 valence electrons. The van der Waals surface area contributed by atoms with Crippen molar-refractivity contribution in [3.8, 4) is 5.75 Å². The summed E-state index contributed by atoms with van der Waals surface area (Å²) in [6, 6.07) is 17.2. The first-order valence-corrected chi connectivity index (χ1v) is 11.7. The number of amides is 1. The number of hydrogen-bond acceptors (Lipinski definition) is 7. The average molecular weight is 485 g/mol. The minimum Gasteiger partial charge on any atom is -0.495 e. The fraction of sp³-hybridized carbons (Fsp3) is 0.174. The van der Waals surface area contributed by atoms with Gasteiger partial charge in [0.2, 0.25) is 0 Å². The molecule has 0 aliphatic rings. The Bertz CT molecular complexity index is 1310. The number of sulfonamides is 1. The number of nitro benzene ring substituents is 1. The first kappa shape index (κ1) is 24.5. The number of nitrogens with zero attached hydrogens (tertiary/aromatic N) is 1. The van der Waals surface area contributed by atoms with E-state index in [2.05, 4.69) is 15.4 Å². The lowest BCUT2D eigenvalue weighted by molar-refractivity contribution is -0.384. The third kappa shape index (κ3) is 5.81. The number of anilines is 2. The fourth-order valence-corrected chi connectivity index (χ4v) is 4.56. The summed E-state index contributed by atoms with van der Waals surface area (Å²) in [7, 11) is -2.55. The molecule has 0 saturated carbocycles. The van der Waals surface area contributed by atoms with Gasteiger partial charge in [-0.25, -0.2) is 8.42 Å². The Balaban J connectivity index is 1.68. The first-order chi connectivity index (χ1) is 16.2. The van der Waals surface area contributed by atoms with Gasteiger partial charge in [0.1, 0.15) is 11.4 Å². The molecule has 0 saturated heterocycles. The standard InChI is InChI=1S/C23H24N4O6S/c1-16-11-12-17(15-22(16)34(31,32)26-19-8-4-6-10-21(19)33-2)23(28)25-14-13-24-18-7-3-5-9-20(18)27(29)30/h3-12,15,24,26H,13-14H2,1-2H3,(H,25,28). The van der Waals surface area contributed by atoms with Crippen LogP contribution < -0.4 is 20.1 Å². The highest BCUT2D eigenvalue weighted by molar-refractivity contribution is 7.92. The van der Waals surface area contributed by atoms with Crippen LogP contribution in [0.4, 0.5) is 17.1 Å². The van der Waals surface area contributed by atoms with E-state index in [1.807, 2.05) is 0 Å². The number of rotatable bonds is 10. The van der Waals surface area contributed by atoms with Crippen LogP contribution >= 0.6 is 0 Å². The molecule has 0 heterocycles. The molecule has 0 aliphatic carbocycles. The number of carbonyl (C=O) groups excluding carboxylic acids is 1. The van der Waals surface area contributed by atoms with Crippen molar-refractivity contribution in [3.63, 3.8) is 0 Å². The van der Waals surface area contributed by atoms with E-state index in [1.165, 1.54) is 25.3 Å². The third-order valence-corrected chi connectivity index (χ3v) is 6.43. The minimum absolute atomic E-state index is 0.0379. The van der Waals surface area contributed by atoms with Gasteiger partial charge in [-0.2, -0.15) is 0 Å². The van der Waals surface area contributed by atoms with Crippen LogP contribution in [0.3, 0.4) is 0 Å². The molecule has 3 aromatic rings. The molecule has 0 aliphatic heterocycles. The molecule has 0 spiro atoms. The van der Waals surface area contributed by atoms with Gasteiger partial charge in [0.25, 0.3) is 21.6 Å². The lowest BCUT2D eigenvalue weighted by Gasteiger charge is -2.14. The monoisotopic (exact) mass is 484 g/mol. The second-order valence-electron chi connectivity index (χ2n) is 7.24. The molecular formula is C23H24N4O6S. The molecule has 3 rings (SSSR count). The van der Waals surface area contributed by atoms with Crippen LogP contribution in [0.2, 0.25) is 0 Å². The Kier molecular flexibility index (Phi) is 7.69. The zero-order valence-corrected chi connectivity index (χ0v) is 19.4. The van der Waals surface area contributed by atoms with E-state index in [1.54, 1.807) is 55.5 Å². The van der Waals surface area contributed by atoms with Crippen molar-refractivity contribution >= 4 is 33.0 Å². The highest BCUT2D eigenvalue weighted by Crippen LogP contribution is 2.27. The van der Waals surface area contributed by atoms with E-state index in [-0.39, 0.29) is 34.9 Å². The molecule has 0 fully saturated rings. The van der Waals surface area contributed by atoms with Crippen LogP contribution in [0.1, 0.15) is 15.9 Å². The number of nitro groups is 1. The van der Waals surface area contributed by atoms with Crippen LogP contribution in [-0.2, 0) is 10.0 Å². The van der Waals surface area contributed by atoms with Gasteiger partial charge >= 0.3 is 0 Å². The maximum Gasteiger partial charge on any atom is 0.292 e. The number of methoxy groups -OCH3 is 1. The molecule has 0 atom stereocenters. The van der Waals surface area contributed by atoms with Crippen LogP contribution in [0.25, 0.3) is 0 Å². The van der Waals surface area contributed by atoms with Gasteiger partial charge in [-0.15, -0.1) is 0 Å². The number of nitrogens with one attached hydrogen (secondary N) is 3. The second kappa shape index (κ2) is 10.7. The molecule has 34 heavy (non-hydrogen) atoms. The van der Waals surface area contributed by atoms with E-state index in [0.717, 1.165) is 0 Å². The maximum absolute atomic E-state index is 13.0. The molecule has 10 nitrogen and oxygen atoms in total. The molecule has 3 aromatic carbocycles. The molecule has 0 radical (unpaired) electrons. The zero-order chi connectivity index (χ0) is 24.7. The summed E-state index contributed by atoms with van der Waals surface area (Å²) in [4.78, 5) is 23.1. The number of para-hydroxylation sites is 4. The van der Waals surface area contributed by atoms with Gasteiger partial charge < -0.3 is 15.4 Å². The Hall–Kier alpha value is -4.12. The maximum atomic E-state index is 13.0. The molecular weight excluding hydrogens is 460 g/mol. The van der Waals surface area contributed by atoms with Crippen molar-refractivity contribution in [2.45, 2.75) is 11.8 Å². The Morgan fingerprint density at radius 3 is 2.38 bits per heavy atom. The molecule has 11 heteroatoms. The highest BCUT2D eigenvalue weighted by Gasteiger charge is 2.21. The van der Waals surface area contributed by atoms with Crippen molar-refractivity contribution in [2.75, 3.05) is 30.2 Å². The van der Waals surface area contributed by atoms with E-state index in [0.29, 0.717) is 17.0 Å². The molecule has 0 aromatic heterocycles. The fourth-order valence-electron chi connectivity index (χ4n) is 3.22. The predicted molar refractivity (Wildman–Crippen MR) is 129 cm³/mol. The quantitative estimate of drug-likeness (QED) is 0.227. The van der Waals surface area contributed by atoms with Gasteiger partial charge in [-0.05, 0) is 42.8 Å². The molecule has 1 amide bonds. The summed E-state index contributed by atoms with van der Waals surface area (Å²) in [6.07, 6.45) is 0. The van der Waals surface area contributed by atoms with Gasteiger partial charge in [0.05, 0.1) is 22.6 Å². The normalized spacial score (nSPS) is 10.9. The Labute approximate surface area is 197 Å². The van der Waals surface area contributed by atoms with Crippen LogP contribution in [-0.4, -0.2) is 39.4 Å². The predicted octanol–water partition coefficient (Wildman–Crippen LogP) is 3.55. The van der Waals surface area contributed by atoms with Crippen molar-refractivity contribution in [3.05, 3.63) is 88.0 Å². The van der Waals surface area contributed by atoms with Crippen molar-refractivity contribution < 1.29 is 22.9 Å². The number of ether oxygens (including phenoxy) is 1. The van der Waals surface area contributed by atoms with Crippen LogP contribution in [0, 0.1) is 17.0 Å². The topological polar surface area (TPSA) is 140 Å². The first-order valence-electron chi connectivity index (χ1n) is 10.2. The molecule has 0 bridgehead atoms. The zero-order valence-electron chi connectivity index (χ0n) is 18.6. The summed E-state index contributed by atoms with van der Waals surface area (Å²) in [5.41, 5.74) is 1.19. The number of hydrogen-bond donors (Lipinski definition) is 3. The van der Waals surface area contributed by atoms with Crippen LogP contribution in [0.15, 0.2) is 71.6 Å². The van der Waals surface area contributed by atoms with Crippen molar-refractivity contribution in [1.29, 1.82) is 0 Å². The van der Waals surface area contributed by atoms with Crippen molar-refractivity contribution in [1.82, 2.24) is 5.32 Å². The third-order valence-electron chi connectivity index (χ3n) is 4.92. The van der Waals surface area contributed by atoms with E-state index >= 15 is 0 Å². The number of carbonyl (C=O) groups is 1. The van der Waals surface area contributed by atoms with Gasteiger partial charge in [-0.3, -0.25) is 19.6 Å². The summed E-state index contributed by atoms with van der Waals surface area (Å²) < 4.78 is 33.7. The molecule has 3 N–H and O–H groups in total. The average Bonchev–Trinajstić information content (AvgIpc) is 2.82. The minimum atomic E-state index is -3.99. The SMILES string of the molecule is COc1ccccc1NS(=O)(=O)c1cc(C(=O)NCCNc2ccccc2[N+](=O)[O-])ccc1C. The van der Waals surface area contributed by atoms with E-state index in [9.17, 15) is 23.3 Å². The summed E-state index contributed by atoms with van der Waals surface area (Å²) >= 11 is 0. The van der Waals surface area contributed by atoms with Crippen molar-refractivity contribution in [2.24, 2.45) is 0 Å².